The average Bonchev–Trinajstić information content (AvgIpc) is 3.14. The molecule has 3 rings (SSSR count). The van der Waals surface area contributed by atoms with Gasteiger partial charge in [-0.05, 0) is 24.3 Å². The van der Waals surface area contributed by atoms with Gasteiger partial charge in [0, 0.05) is 42.1 Å². The number of anilines is 1. The summed E-state index contributed by atoms with van der Waals surface area (Å²) >= 11 is 1.17. The molecule has 0 unspecified atom stereocenters. The minimum Gasteiger partial charge on any atom is -0.380 e. The van der Waals surface area contributed by atoms with Gasteiger partial charge in [0.2, 0.25) is 10.0 Å². The third-order valence-corrected chi connectivity index (χ3v) is 5.85. The number of aromatic nitrogens is 2. The molecule has 3 aromatic rings. The highest BCUT2D eigenvalue weighted by Gasteiger charge is 2.11. The largest absolute Gasteiger partial charge is 0.380 e. The van der Waals surface area contributed by atoms with Crippen LogP contribution in [0.3, 0.4) is 0 Å². The van der Waals surface area contributed by atoms with Gasteiger partial charge in [-0.25, -0.2) is 18.5 Å². The topological polar surface area (TPSA) is 90.0 Å². The highest BCUT2D eigenvalue weighted by molar-refractivity contribution is 7.91. The SMILES string of the molecule is Cn1ccnc1-c1cccc(NCc2ccc(S(N)(=O)=O)s2)c1. The molecule has 2 aromatic heterocycles. The van der Waals surface area contributed by atoms with Crippen LogP contribution in [0.15, 0.2) is 53.0 Å². The summed E-state index contributed by atoms with van der Waals surface area (Å²) in [6.07, 6.45) is 3.66. The molecule has 0 aliphatic rings. The zero-order valence-electron chi connectivity index (χ0n) is 12.4. The van der Waals surface area contributed by atoms with Crippen molar-refractivity contribution in [3.63, 3.8) is 0 Å². The molecule has 0 saturated heterocycles. The summed E-state index contributed by atoms with van der Waals surface area (Å²) in [6, 6.07) is 11.2. The van der Waals surface area contributed by atoms with Crippen molar-refractivity contribution in [3.8, 4) is 11.4 Å². The second-order valence-corrected chi connectivity index (χ2v) is 8.02. The number of nitrogens with two attached hydrogens (primary N) is 1. The third-order valence-electron chi connectivity index (χ3n) is 3.33. The minimum absolute atomic E-state index is 0.177. The molecule has 2 heterocycles. The van der Waals surface area contributed by atoms with Crippen LogP contribution in [0.4, 0.5) is 5.69 Å². The van der Waals surface area contributed by atoms with E-state index in [0.717, 1.165) is 22.0 Å². The number of benzene rings is 1. The maximum absolute atomic E-state index is 11.3. The maximum Gasteiger partial charge on any atom is 0.247 e. The molecule has 0 spiro atoms. The van der Waals surface area contributed by atoms with Crippen LogP contribution in [-0.4, -0.2) is 18.0 Å². The number of primary sulfonamides is 1. The van der Waals surface area contributed by atoms with Crippen molar-refractivity contribution in [2.45, 2.75) is 10.8 Å². The second-order valence-electron chi connectivity index (χ2n) is 5.06. The first-order valence-corrected chi connectivity index (χ1v) is 9.23. The lowest BCUT2D eigenvalue weighted by Crippen LogP contribution is -2.09. The Hall–Kier alpha value is -2.16. The van der Waals surface area contributed by atoms with Gasteiger partial charge in [0.1, 0.15) is 10.0 Å². The highest BCUT2D eigenvalue weighted by Crippen LogP contribution is 2.23. The van der Waals surface area contributed by atoms with Crippen LogP contribution in [-0.2, 0) is 23.6 Å². The Morgan fingerprint density at radius 2 is 2.13 bits per heavy atom. The average molecular weight is 348 g/mol. The van der Waals surface area contributed by atoms with E-state index >= 15 is 0 Å². The van der Waals surface area contributed by atoms with Gasteiger partial charge in [0.15, 0.2) is 0 Å². The number of aryl methyl sites for hydroxylation is 1. The fraction of sp³-hybridized carbons (Fsp3) is 0.133. The standard InChI is InChI=1S/C15H16N4O2S2/c1-19-8-7-17-15(19)11-3-2-4-12(9-11)18-10-13-5-6-14(22-13)23(16,20)21/h2-9,18H,10H2,1H3,(H2,16,20,21). The molecule has 120 valence electrons. The summed E-state index contributed by atoms with van der Waals surface area (Å²) in [6.45, 7) is 0.532. The molecule has 1 aromatic carbocycles. The Balaban J connectivity index is 1.74. The molecular formula is C15H16N4O2S2. The Morgan fingerprint density at radius 1 is 1.30 bits per heavy atom. The number of hydrogen-bond acceptors (Lipinski definition) is 5. The van der Waals surface area contributed by atoms with Crippen molar-refractivity contribution in [1.82, 2.24) is 9.55 Å². The molecule has 0 bridgehead atoms. The molecular weight excluding hydrogens is 332 g/mol. The summed E-state index contributed by atoms with van der Waals surface area (Å²) < 4.78 is 24.7. The van der Waals surface area contributed by atoms with E-state index in [-0.39, 0.29) is 4.21 Å². The minimum atomic E-state index is -3.63. The molecule has 0 saturated carbocycles. The molecule has 8 heteroatoms. The lowest BCUT2D eigenvalue weighted by Gasteiger charge is -2.07. The van der Waals surface area contributed by atoms with Crippen LogP contribution in [0.25, 0.3) is 11.4 Å². The van der Waals surface area contributed by atoms with Crippen LogP contribution in [0.2, 0.25) is 0 Å². The summed E-state index contributed by atoms with van der Waals surface area (Å²) in [4.78, 5) is 5.23. The smallest absolute Gasteiger partial charge is 0.247 e. The van der Waals surface area contributed by atoms with E-state index in [1.54, 1.807) is 12.3 Å². The van der Waals surface area contributed by atoms with Crippen molar-refractivity contribution < 1.29 is 8.42 Å². The lowest BCUT2D eigenvalue weighted by molar-refractivity contribution is 0.600. The van der Waals surface area contributed by atoms with Crippen molar-refractivity contribution in [1.29, 1.82) is 0 Å². The molecule has 23 heavy (non-hydrogen) atoms. The predicted octanol–water partition coefficient (Wildman–Crippen LogP) is 2.41. The third kappa shape index (κ3) is 3.61. The normalized spacial score (nSPS) is 11.6. The monoisotopic (exact) mass is 348 g/mol. The molecule has 0 aliphatic heterocycles. The quantitative estimate of drug-likeness (QED) is 0.741. The van der Waals surface area contributed by atoms with E-state index < -0.39 is 10.0 Å². The number of sulfonamides is 1. The first kappa shape index (κ1) is 15.7. The molecule has 0 radical (unpaired) electrons. The van der Waals surface area contributed by atoms with E-state index in [2.05, 4.69) is 10.3 Å². The van der Waals surface area contributed by atoms with Gasteiger partial charge in [0.25, 0.3) is 0 Å². The van der Waals surface area contributed by atoms with Gasteiger partial charge in [-0.1, -0.05) is 12.1 Å². The fourth-order valence-electron chi connectivity index (χ4n) is 2.21. The number of hydrogen-bond donors (Lipinski definition) is 2. The Morgan fingerprint density at radius 3 is 2.78 bits per heavy atom. The fourth-order valence-corrected chi connectivity index (χ4v) is 3.93. The van der Waals surface area contributed by atoms with Crippen LogP contribution in [0, 0.1) is 0 Å². The summed E-state index contributed by atoms with van der Waals surface area (Å²) in [5.74, 6) is 0.890. The van der Waals surface area contributed by atoms with Gasteiger partial charge in [-0.3, -0.25) is 0 Å². The molecule has 0 amide bonds. The summed E-state index contributed by atoms with van der Waals surface area (Å²) in [5.41, 5.74) is 1.95. The van der Waals surface area contributed by atoms with E-state index in [4.69, 9.17) is 5.14 Å². The first-order valence-electron chi connectivity index (χ1n) is 6.86. The number of nitrogens with one attached hydrogen (secondary N) is 1. The zero-order valence-corrected chi connectivity index (χ0v) is 14.1. The number of nitrogens with zero attached hydrogens (tertiary/aromatic N) is 2. The van der Waals surface area contributed by atoms with Crippen molar-refractivity contribution >= 4 is 27.0 Å². The van der Waals surface area contributed by atoms with E-state index in [1.807, 2.05) is 42.1 Å². The van der Waals surface area contributed by atoms with Crippen LogP contribution < -0.4 is 10.5 Å². The van der Waals surface area contributed by atoms with Crippen LogP contribution >= 0.6 is 11.3 Å². The van der Waals surface area contributed by atoms with Crippen molar-refractivity contribution in [3.05, 3.63) is 53.7 Å². The Kier molecular flexibility index (Phi) is 4.20. The molecule has 0 atom stereocenters. The lowest BCUT2D eigenvalue weighted by atomic mass is 10.2. The van der Waals surface area contributed by atoms with Gasteiger partial charge in [0.05, 0.1) is 0 Å². The predicted molar refractivity (Wildman–Crippen MR) is 91.7 cm³/mol. The molecule has 0 aliphatic carbocycles. The maximum atomic E-state index is 11.3. The summed E-state index contributed by atoms with van der Waals surface area (Å²) in [7, 11) is -1.68. The number of thiophene rings is 1. The van der Waals surface area contributed by atoms with Crippen molar-refractivity contribution in [2.75, 3.05) is 5.32 Å². The Labute approximate surface area is 138 Å². The summed E-state index contributed by atoms with van der Waals surface area (Å²) in [5, 5.41) is 8.40. The van der Waals surface area contributed by atoms with E-state index in [0.29, 0.717) is 6.54 Å². The van der Waals surface area contributed by atoms with E-state index in [1.165, 1.54) is 17.4 Å². The molecule has 6 nitrogen and oxygen atoms in total. The zero-order chi connectivity index (χ0) is 16.4. The highest BCUT2D eigenvalue weighted by atomic mass is 32.2. The van der Waals surface area contributed by atoms with Gasteiger partial charge in [-0.15, -0.1) is 11.3 Å². The first-order chi connectivity index (χ1) is 10.9. The number of imidazole rings is 1. The Bertz CT molecular complexity index is 928. The van der Waals surface area contributed by atoms with Gasteiger partial charge < -0.3 is 9.88 Å². The van der Waals surface area contributed by atoms with Gasteiger partial charge in [-0.2, -0.15) is 0 Å². The second kappa shape index (κ2) is 6.15. The van der Waals surface area contributed by atoms with Gasteiger partial charge >= 0.3 is 0 Å². The number of rotatable bonds is 5. The van der Waals surface area contributed by atoms with Crippen molar-refractivity contribution in [2.24, 2.45) is 12.2 Å². The molecule has 0 fully saturated rings. The molecule has 3 N–H and O–H groups in total. The van der Waals surface area contributed by atoms with Crippen LogP contribution in [0.1, 0.15) is 4.88 Å². The van der Waals surface area contributed by atoms with E-state index in [9.17, 15) is 8.42 Å². The van der Waals surface area contributed by atoms with Crippen LogP contribution in [0.5, 0.6) is 0 Å².